The Hall–Kier alpha value is -2.86. The van der Waals surface area contributed by atoms with E-state index in [0.29, 0.717) is 35.9 Å². The van der Waals surface area contributed by atoms with Gasteiger partial charge in [0.05, 0.1) is 12.2 Å². The number of amides is 2. The third-order valence-electron chi connectivity index (χ3n) is 3.48. The highest BCUT2D eigenvalue weighted by Crippen LogP contribution is 2.23. The SMILES string of the molecule is COCCOc1ccccc1C(=O)Nc1ccc(C)c(NC(C)=O)c1. The van der Waals surface area contributed by atoms with Gasteiger partial charge in [0.15, 0.2) is 0 Å². The number of hydrogen-bond acceptors (Lipinski definition) is 4. The zero-order valence-electron chi connectivity index (χ0n) is 14.6. The van der Waals surface area contributed by atoms with E-state index >= 15 is 0 Å². The van der Waals surface area contributed by atoms with Gasteiger partial charge in [-0.15, -0.1) is 0 Å². The third-order valence-corrected chi connectivity index (χ3v) is 3.48. The van der Waals surface area contributed by atoms with Crippen LogP contribution < -0.4 is 15.4 Å². The number of methoxy groups -OCH3 is 1. The standard InChI is InChI=1S/C19H22N2O4/c1-13-8-9-15(12-17(13)20-14(2)22)21-19(23)16-6-4-5-7-18(16)25-11-10-24-3/h4-9,12H,10-11H2,1-3H3,(H,20,22)(H,21,23). The van der Waals surface area contributed by atoms with E-state index in [-0.39, 0.29) is 11.8 Å². The van der Waals surface area contributed by atoms with Crippen LogP contribution in [0.25, 0.3) is 0 Å². The number of carbonyl (C=O) groups is 2. The van der Waals surface area contributed by atoms with Gasteiger partial charge in [-0.2, -0.15) is 0 Å². The summed E-state index contributed by atoms with van der Waals surface area (Å²) in [5, 5.41) is 5.57. The number of aryl methyl sites for hydroxylation is 1. The third kappa shape index (κ3) is 5.32. The summed E-state index contributed by atoms with van der Waals surface area (Å²) in [4.78, 5) is 23.8. The van der Waals surface area contributed by atoms with E-state index in [4.69, 9.17) is 9.47 Å². The van der Waals surface area contributed by atoms with E-state index in [1.807, 2.05) is 13.0 Å². The molecule has 6 nitrogen and oxygen atoms in total. The lowest BCUT2D eigenvalue weighted by Crippen LogP contribution is -2.15. The van der Waals surface area contributed by atoms with Gasteiger partial charge in [0.1, 0.15) is 12.4 Å². The van der Waals surface area contributed by atoms with Crippen molar-refractivity contribution in [1.29, 1.82) is 0 Å². The van der Waals surface area contributed by atoms with Crippen LogP contribution in [0.4, 0.5) is 11.4 Å². The van der Waals surface area contributed by atoms with Crippen molar-refractivity contribution in [2.75, 3.05) is 31.0 Å². The van der Waals surface area contributed by atoms with Crippen LogP contribution in [-0.2, 0) is 9.53 Å². The molecule has 0 aliphatic heterocycles. The molecule has 0 aromatic heterocycles. The number of anilines is 2. The molecule has 0 saturated carbocycles. The average Bonchev–Trinajstić information content (AvgIpc) is 2.58. The van der Waals surface area contributed by atoms with Gasteiger partial charge in [-0.1, -0.05) is 18.2 Å². The largest absolute Gasteiger partial charge is 0.490 e. The van der Waals surface area contributed by atoms with Gasteiger partial charge in [0.2, 0.25) is 5.91 Å². The van der Waals surface area contributed by atoms with Gasteiger partial charge in [-0.3, -0.25) is 9.59 Å². The van der Waals surface area contributed by atoms with E-state index in [9.17, 15) is 9.59 Å². The lowest BCUT2D eigenvalue weighted by atomic mass is 10.1. The highest BCUT2D eigenvalue weighted by molar-refractivity contribution is 6.06. The summed E-state index contributed by atoms with van der Waals surface area (Å²) in [7, 11) is 1.59. The van der Waals surface area contributed by atoms with E-state index in [2.05, 4.69) is 10.6 Å². The summed E-state index contributed by atoms with van der Waals surface area (Å²) >= 11 is 0. The van der Waals surface area contributed by atoms with Gasteiger partial charge in [0, 0.05) is 25.4 Å². The first-order valence-corrected chi connectivity index (χ1v) is 7.91. The molecule has 2 N–H and O–H groups in total. The Labute approximate surface area is 147 Å². The number of nitrogens with one attached hydrogen (secondary N) is 2. The molecule has 0 heterocycles. The first kappa shape index (κ1) is 18.5. The highest BCUT2D eigenvalue weighted by atomic mass is 16.5. The van der Waals surface area contributed by atoms with Crippen molar-refractivity contribution < 1.29 is 19.1 Å². The molecular weight excluding hydrogens is 320 g/mol. The normalized spacial score (nSPS) is 10.2. The van der Waals surface area contributed by atoms with Crippen LogP contribution in [0.1, 0.15) is 22.8 Å². The van der Waals surface area contributed by atoms with E-state index in [1.54, 1.807) is 43.5 Å². The van der Waals surface area contributed by atoms with Gasteiger partial charge >= 0.3 is 0 Å². The zero-order valence-corrected chi connectivity index (χ0v) is 14.6. The van der Waals surface area contributed by atoms with E-state index in [0.717, 1.165) is 5.56 Å². The minimum Gasteiger partial charge on any atom is -0.490 e. The number of ether oxygens (including phenoxy) is 2. The predicted octanol–water partition coefficient (Wildman–Crippen LogP) is 3.23. The van der Waals surface area contributed by atoms with Crippen LogP contribution in [0.3, 0.4) is 0 Å². The second-order valence-electron chi connectivity index (χ2n) is 5.50. The summed E-state index contributed by atoms with van der Waals surface area (Å²) in [6, 6.07) is 12.4. The maximum atomic E-state index is 12.6. The molecule has 2 aromatic rings. The van der Waals surface area contributed by atoms with Gasteiger partial charge in [0.25, 0.3) is 5.91 Å². The van der Waals surface area contributed by atoms with Crippen molar-refractivity contribution in [3.8, 4) is 5.75 Å². The second kappa shape index (κ2) is 8.84. The Kier molecular flexibility index (Phi) is 6.54. The fraction of sp³-hybridized carbons (Fsp3) is 0.263. The van der Waals surface area contributed by atoms with Crippen molar-refractivity contribution >= 4 is 23.2 Å². The molecule has 132 valence electrons. The van der Waals surface area contributed by atoms with Crippen molar-refractivity contribution in [2.24, 2.45) is 0 Å². The summed E-state index contributed by atoms with van der Waals surface area (Å²) in [5.41, 5.74) is 2.60. The first-order chi connectivity index (χ1) is 12.0. The molecule has 0 aliphatic carbocycles. The molecule has 0 atom stereocenters. The van der Waals surface area contributed by atoms with Crippen LogP contribution in [0.15, 0.2) is 42.5 Å². The number of rotatable bonds is 7. The minimum atomic E-state index is -0.286. The van der Waals surface area contributed by atoms with Crippen molar-refractivity contribution in [2.45, 2.75) is 13.8 Å². The molecular formula is C19H22N2O4. The molecule has 0 spiro atoms. The molecule has 6 heteroatoms. The Morgan fingerprint density at radius 1 is 1.04 bits per heavy atom. The first-order valence-electron chi connectivity index (χ1n) is 7.91. The van der Waals surface area contributed by atoms with Crippen LogP contribution >= 0.6 is 0 Å². The summed E-state index contributed by atoms with van der Waals surface area (Å²) in [5.74, 6) is 0.0420. The predicted molar refractivity (Wildman–Crippen MR) is 97.2 cm³/mol. The second-order valence-corrected chi connectivity index (χ2v) is 5.50. The minimum absolute atomic E-state index is 0.163. The number of hydrogen-bond donors (Lipinski definition) is 2. The Morgan fingerprint density at radius 2 is 1.80 bits per heavy atom. The molecule has 2 amide bonds. The molecule has 0 radical (unpaired) electrons. The molecule has 0 bridgehead atoms. The van der Waals surface area contributed by atoms with Crippen molar-refractivity contribution in [3.05, 3.63) is 53.6 Å². The fourth-order valence-electron chi connectivity index (χ4n) is 2.24. The van der Waals surface area contributed by atoms with Crippen LogP contribution in [0, 0.1) is 6.92 Å². The maximum absolute atomic E-state index is 12.6. The fourth-order valence-corrected chi connectivity index (χ4v) is 2.24. The molecule has 2 rings (SSSR count). The molecule has 0 unspecified atom stereocenters. The maximum Gasteiger partial charge on any atom is 0.259 e. The van der Waals surface area contributed by atoms with Gasteiger partial charge in [-0.05, 0) is 36.8 Å². The molecule has 0 fully saturated rings. The van der Waals surface area contributed by atoms with Gasteiger partial charge < -0.3 is 20.1 Å². The topological polar surface area (TPSA) is 76.7 Å². The molecule has 0 aliphatic rings. The Balaban J connectivity index is 2.16. The Morgan fingerprint density at radius 3 is 2.52 bits per heavy atom. The summed E-state index contributed by atoms with van der Waals surface area (Å²) < 4.78 is 10.5. The van der Waals surface area contributed by atoms with Crippen LogP contribution in [-0.4, -0.2) is 32.1 Å². The molecule has 0 saturated heterocycles. The quantitative estimate of drug-likeness (QED) is 0.758. The summed E-state index contributed by atoms with van der Waals surface area (Å²) in [6.07, 6.45) is 0. The Bertz CT molecular complexity index is 759. The van der Waals surface area contributed by atoms with Crippen molar-refractivity contribution in [3.63, 3.8) is 0 Å². The number of carbonyl (C=O) groups excluding carboxylic acids is 2. The number of benzene rings is 2. The highest BCUT2D eigenvalue weighted by Gasteiger charge is 2.13. The van der Waals surface area contributed by atoms with E-state index in [1.165, 1.54) is 6.92 Å². The average molecular weight is 342 g/mol. The van der Waals surface area contributed by atoms with Crippen LogP contribution in [0.2, 0.25) is 0 Å². The molecule has 25 heavy (non-hydrogen) atoms. The lowest BCUT2D eigenvalue weighted by Gasteiger charge is -2.13. The van der Waals surface area contributed by atoms with Crippen molar-refractivity contribution in [1.82, 2.24) is 0 Å². The number of para-hydroxylation sites is 1. The summed E-state index contributed by atoms with van der Waals surface area (Å²) in [6.45, 7) is 4.13. The lowest BCUT2D eigenvalue weighted by molar-refractivity contribution is -0.114. The molecule has 2 aromatic carbocycles. The van der Waals surface area contributed by atoms with E-state index < -0.39 is 0 Å². The van der Waals surface area contributed by atoms with Gasteiger partial charge in [-0.25, -0.2) is 0 Å². The monoisotopic (exact) mass is 342 g/mol. The zero-order chi connectivity index (χ0) is 18.2. The smallest absolute Gasteiger partial charge is 0.259 e. The van der Waals surface area contributed by atoms with Crippen LogP contribution in [0.5, 0.6) is 5.75 Å².